The summed E-state index contributed by atoms with van der Waals surface area (Å²) in [5.74, 6) is -1.32. The fraction of sp³-hybridized carbons (Fsp3) is 0.0588. The molecule has 4 nitrogen and oxygen atoms in total. The number of fused-ring (bicyclic) bond motifs is 1. The lowest BCUT2D eigenvalue weighted by Crippen LogP contribution is -2.08. The SMILES string of the molecule is O=C(O)Cc1c(C(=O)c2cccc(Cl)c2)[nH]c2cc(Cl)ccc12. The smallest absolute Gasteiger partial charge is 0.307 e. The lowest BCUT2D eigenvalue weighted by atomic mass is 10.0. The Morgan fingerprint density at radius 2 is 1.78 bits per heavy atom. The van der Waals surface area contributed by atoms with Crippen LogP contribution in [0.4, 0.5) is 0 Å². The van der Waals surface area contributed by atoms with E-state index < -0.39 is 5.97 Å². The first-order chi connectivity index (χ1) is 11.0. The maximum atomic E-state index is 12.7. The number of hydrogen-bond acceptors (Lipinski definition) is 2. The summed E-state index contributed by atoms with van der Waals surface area (Å²) in [5, 5.41) is 10.8. The Balaban J connectivity index is 2.19. The first-order valence-corrected chi connectivity index (χ1v) is 7.53. The van der Waals surface area contributed by atoms with Crippen molar-refractivity contribution in [1.82, 2.24) is 4.98 Å². The average Bonchev–Trinajstić information content (AvgIpc) is 2.83. The minimum atomic E-state index is -1.01. The van der Waals surface area contributed by atoms with Gasteiger partial charge < -0.3 is 10.1 Å². The van der Waals surface area contributed by atoms with E-state index in [1.54, 1.807) is 42.5 Å². The Labute approximate surface area is 141 Å². The van der Waals surface area contributed by atoms with Gasteiger partial charge in [-0.25, -0.2) is 0 Å². The normalized spacial score (nSPS) is 10.9. The molecule has 6 heteroatoms. The number of aromatic nitrogens is 1. The molecule has 3 rings (SSSR count). The van der Waals surface area contributed by atoms with Crippen LogP contribution in [0.5, 0.6) is 0 Å². The predicted octanol–water partition coefficient (Wildman–Crippen LogP) is 4.33. The first kappa shape index (κ1) is 15.6. The van der Waals surface area contributed by atoms with Gasteiger partial charge in [-0.1, -0.05) is 41.4 Å². The molecule has 1 aromatic heterocycles. The van der Waals surface area contributed by atoms with Crippen LogP contribution in [-0.4, -0.2) is 21.8 Å². The van der Waals surface area contributed by atoms with Gasteiger partial charge in [-0.2, -0.15) is 0 Å². The van der Waals surface area contributed by atoms with Crippen LogP contribution in [0.15, 0.2) is 42.5 Å². The number of rotatable bonds is 4. The van der Waals surface area contributed by atoms with E-state index >= 15 is 0 Å². The van der Waals surface area contributed by atoms with Crippen molar-refractivity contribution < 1.29 is 14.7 Å². The van der Waals surface area contributed by atoms with E-state index in [0.717, 1.165) is 0 Å². The monoisotopic (exact) mass is 347 g/mol. The van der Waals surface area contributed by atoms with E-state index in [2.05, 4.69) is 4.98 Å². The standard InChI is InChI=1S/C17H11Cl2NO3/c18-10-3-1-2-9(6-10)17(23)16-13(8-15(21)22)12-5-4-11(19)7-14(12)20-16/h1-7,20H,8H2,(H,21,22). The number of aromatic amines is 1. The molecule has 0 saturated heterocycles. The molecule has 0 atom stereocenters. The van der Waals surface area contributed by atoms with Gasteiger partial charge in [-0.3, -0.25) is 9.59 Å². The van der Waals surface area contributed by atoms with Crippen molar-refractivity contribution in [2.45, 2.75) is 6.42 Å². The van der Waals surface area contributed by atoms with Crippen LogP contribution in [0.1, 0.15) is 21.6 Å². The summed E-state index contributed by atoms with van der Waals surface area (Å²) in [6.07, 6.45) is -0.261. The van der Waals surface area contributed by atoms with Gasteiger partial charge in [0.2, 0.25) is 5.78 Å². The molecule has 1 heterocycles. The van der Waals surface area contributed by atoms with Gasteiger partial charge in [-0.05, 0) is 24.3 Å². The highest BCUT2D eigenvalue weighted by molar-refractivity contribution is 6.31. The number of aliphatic carboxylic acids is 1. The number of hydrogen-bond donors (Lipinski definition) is 2. The van der Waals surface area contributed by atoms with E-state index in [1.165, 1.54) is 0 Å². The van der Waals surface area contributed by atoms with Crippen LogP contribution in [0.2, 0.25) is 10.0 Å². The van der Waals surface area contributed by atoms with Gasteiger partial charge in [0.05, 0.1) is 12.1 Å². The Morgan fingerprint density at radius 3 is 2.48 bits per heavy atom. The van der Waals surface area contributed by atoms with Crippen molar-refractivity contribution >= 4 is 45.9 Å². The second kappa shape index (κ2) is 6.07. The van der Waals surface area contributed by atoms with Crippen LogP contribution in [-0.2, 0) is 11.2 Å². The molecule has 0 saturated carbocycles. The topological polar surface area (TPSA) is 70.2 Å². The molecule has 3 aromatic rings. The molecule has 2 N–H and O–H groups in total. The fourth-order valence-electron chi connectivity index (χ4n) is 2.53. The van der Waals surface area contributed by atoms with Gasteiger partial charge >= 0.3 is 5.97 Å². The summed E-state index contributed by atoms with van der Waals surface area (Å²) in [4.78, 5) is 26.9. The van der Waals surface area contributed by atoms with Gasteiger partial charge in [-0.15, -0.1) is 0 Å². The fourth-order valence-corrected chi connectivity index (χ4v) is 2.89. The van der Waals surface area contributed by atoms with Crippen molar-refractivity contribution in [2.24, 2.45) is 0 Å². The molecular formula is C17H11Cl2NO3. The predicted molar refractivity (Wildman–Crippen MR) is 89.5 cm³/mol. The maximum Gasteiger partial charge on any atom is 0.307 e. The molecule has 0 aliphatic heterocycles. The third-order valence-electron chi connectivity index (χ3n) is 3.51. The van der Waals surface area contributed by atoms with E-state index in [-0.39, 0.29) is 17.9 Å². The number of carbonyl (C=O) groups excluding carboxylic acids is 1. The zero-order valence-electron chi connectivity index (χ0n) is 11.8. The van der Waals surface area contributed by atoms with Crippen LogP contribution in [0.25, 0.3) is 10.9 Å². The van der Waals surface area contributed by atoms with E-state index in [0.29, 0.717) is 32.1 Å². The first-order valence-electron chi connectivity index (χ1n) is 6.78. The average molecular weight is 348 g/mol. The van der Waals surface area contributed by atoms with Crippen molar-refractivity contribution in [3.63, 3.8) is 0 Å². The highest BCUT2D eigenvalue weighted by atomic mass is 35.5. The van der Waals surface area contributed by atoms with Gasteiger partial charge in [0.1, 0.15) is 0 Å². The zero-order valence-corrected chi connectivity index (χ0v) is 13.3. The van der Waals surface area contributed by atoms with E-state index in [4.69, 9.17) is 28.3 Å². The van der Waals surface area contributed by atoms with Crippen molar-refractivity contribution in [1.29, 1.82) is 0 Å². The second-order valence-electron chi connectivity index (χ2n) is 5.08. The number of H-pyrrole nitrogens is 1. The summed E-state index contributed by atoms with van der Waals surface area (Å²) in [5.41, 5.74) is 1.70. The van der Waals surface area contributed by atoms with Crippen molar-refractivity contribution in [3.05, 3.63) is 69.3 Å². The summed E-state index contributed by atoms with van der Waals surface area (Å²) < 4.78 is 0. The molecule has 0 unspecified atom stereocenters. The number of nitrogens with one attached hydrogen (secondary N) is 1. The van der Waals surface area contributed by atoms with Crippen molar-refractivity contribution in [2.75, 3.05) is 0 Å². The number of carbonyl (C=O) groups is 2. The van der Waals surface area contributed by atoms with E-state index in [1.807, 2.05) is 0 Å². The lowest BCUT2D eigenvalue weighted by molar-refractivity contribution is -0.136. The number of carboxylic acids is 1. The Bertz CT molecular complexity index is 931. The molecule has 0 radical (unpaired) electrons. The summed E-state index contributed by atoms with van der Waals surface area (Å²) in [7, 11) is 0. The third kappa shape index (κ3) is 3.09. The van der Waals surface area contributed by atoms with E-state index in [9.17, 15) is 9.59 Å². The molecular weight excluding hydrogens is 337 g/mol. The van der Waals surface area contributed by atoms with Gasteiger partial charge in [0.25, 0.3) is 0 Å². The summed E-state index contributed by atoms with van der Waals surface area (Å²) >= 11 is 11.9. The second-order valence-corrected chi connectivity index (χ2v) is 5.95. The Morgan fingerprint density at radius 1 is 1.04 bits per heavy atom. The minimum Gasteiger partial charge on any atom is -0.481 e. The zero-order chi connectivity index (χ0) is 16.6. The molecule has 116 valence electrons. The molecule has 0 bridgehead atoms. The van der Waals surface area contributed by atoms with Crippen molar-refractivity contribution in [3.8, 4) is 0 Å². The maximum absolute atomic E-state index is 12.7. The van der Waals surface area contributed by atoms with Crippen LogP contribution in [0.3, 0.4) is 0 Å². The number of halogens is 2. The van der Waals surface area contributed by atoms with Crippen LogP contribution >= 0.6 is 23.2 Å². The molecule has 2 aromatic carbocycles. The highest BCUT2D eigenvalue weighted by Crippen LogP contribution is 2.28. The molecule has 0 spiro atoms. The third-order valence-corrected chi connectivity index (χ3v) is 3.98. The summed E-state index contributed by atoms with van der Waals surface area (Å²) in [6.45, 7) is 0. The van der Waals surface area contributed by atoms with Crippen LogP contribution in [0, 0.1) is 0 Å². The number of benzene rings is 2. The highest BCUT2D eigenvalue weighted by Gasteiger charge is 2.21. The van der Waals surface area contributed by atoms with Gasteiger partial charge in [0.15, 0.2) is 0 Å². The largest absolute Gasteiger partial charge is 0.481 e. The quantitative estimate of drug-likeness (QED) is 0.690. The number of carboxylic acid groups (broad SMARTS) is 1. The minimum absolute atomic E-state index is 0.243. The number of ketones is 1. The van der Waals surface area contributed by atoms with Gasteiger partial charge in [0, 0.05) is 32.1 Å². The lowest BCUT2D eigenvalue weighted by Gasteiger charge is -2.03. The molecule has 0 amide bonds. The Kier molecular flexibility index (Phi) is 4.11. The summed E-state index contributed by atoms with van der Waals surface area (Å²) in [6, 6.07) is 11.6. The molecule has 0 aliphatic carbocycles. The molecule has 0 aliphatic rings. The van der Waals surface area contributed by atoms with Crippen LogP contribution < -0.4 is 0 Å². The molecule has 0 fully saturated rings. The molecule has 23 heavy (non-hydrogen) atoms. The Hall–Kier alpha value is -2.30.